The molecule has 0 bridgehead atoms. The van der Waals surface area contributed by atoms with E-state index in [0.29, 0.717) is 19.6 Å². The Labute approximate surface area is 98.8 Å². The Morgan fingerprint density at radius 2 is 2.41 bits per heavy atom. The fourth-order valence-corrected chi connectivity index (χ4v) is 1.98. The van der Waals surface area contributed by atoms with Gasteiger partial charge in [-0.25, -0.2) is 0 Å². The molecule has 1 atom stereocenters. The molecule has 6 heteroatoms. The second-order valence-electron chi connectivity index (χ2n) is 4.01. The number of nitrogens with zero attached hydrogens (tertiary/aromatic N) is 1. The van der Waals surface area contributed by atoms with Crippen LogP contribution < -0.4 is 16.5 Å². The molecular weight excluding hydrogens is 220 g/mol. The number of carbonyl (C=O) groups is 1. The van der Waals surface area contributed by atoms with E-state index in [2.05, 4.69) is 10.3 Å². The predicted octanol–water partition coefficient (Wildman–Crippen LogP) is -1.25. The summed E-state index contributed by atoms with van der Waals surface area (Å²) in [5.41, 5.74) is 5.54. The molecule has 2 rings (SSSR count). The number of H-pyrrole nitrogens is 1. The number of piperazine rings is 1. The number of hydrogen-bond acceptors (Lipinski definition) is 4. The zero-order chi connectivity index (χ0) is 12.3. The van der Waals surface area contributed by atoms with E-state index in [1.165, 1.54) is 18.5 Å². The number of aromatic amines is 1. The van der Waals surface area contributed by atoms with Crippen molar-refractivity contribution in [2.75, 3.05) is 26.2 Å². The highest BCUT2D eigenvalue weighted by Crippen LogP contribution is 2.06. The minimum atomic E-state index is -0.261. The van der Waals surface area contributed by atoms with Crippen LogP contribution in [0.5, 0.6) is 0 Å². The van der Waals surface area contributed by atoms with Gasteiger partial charge in [-0.05, 0) is 0 Å². The van der Waals surface area contributed by atoms with Crippen LogP contribution in [-0.2, 0) is 0 Å². The largest absolute Gasteiger partial charge is 0.367 e. The first-order chi connectivity index (χ1) is 8.24. The van der Waals surface area contributed by atoms with Crippen molar-refractivity contribution >= 4 is 5.91 Å². The molecular formula is C11H16N4O2. The lowest BCUT2D eigenvalue weighted by Gasteiger charge is -2.35. The molecule has 1 aromatic heterocycles. The summed E-state index contributed by atoms with van der Waals surface area (Å²) in [7, 11) is 0. The molecule has 4 N–H and O–H groups in total. The molecule has 0 aromatic carbocycles. The number of nitrogens with two attached hydrogens (primary N) is 1. The summed E-state index contributed by atoms with van der Waals surface area (Å²) >= 11 is 0. The highest BCUT2D eigenvalue weighted by molar-refractivity contribution is 5.94. The van der Waals surface area contributed by atoms with Crippen molar-refractivity contribution in [3.05, 3.63) is 34.2 Å². The first kappa shape index (κ1) is 11.8. The second kappa shape index (κ2) is 5.11. The van der Waals surface area contributed by atoms with Gasteiger partial charge in [0.1, 0.15) is 5.56 Å². The Balaban J connectivity index is 2.24. The summed E-state index contributed by atoms with van der Waals surface area (Å²) in [5.74, 6) is -0.246. The minimum absolute atomic E-state index is 0.0455. The zero-order valence-corrected chi connectivity index (χ0v) is 9.48. The fourth-order valence-electron chi connectivity index (χ4n) is 1.98. The lowest BCUT2D eigenvalue weighted by atomic mass is 10.1. The number of nitrogens with one attached hydrogen (secondary N) is 2. The van der Waals surface area contributed by atoms with E-state index in [0.717, 1.165) is 6.54 Å². The van der Waals surface area contributed by atoms with Crippen LogP contribution in [0.1, 0.15) is 10.4 Å². The Morgan fingerprint density at radius 3 is 3.12 bits per heavy atom. The third-order valence-corrected chi connectivity index (χ3v) is 2.94. The summed E-state index contributed by atoms with van der Waals surface area (Å²) in [6, 6.07) is 1.31. The van der Waals surface area contributed by atoms with Crippen molar-refractivity contribution < 1.29 is 4.79 Å². The second-order valence-corrected chi connectivity index (χ2v) is 4.01. The SMILES string of the molecule is NCC1CNCCN1C(=O)c1c[nH]ccc1=O. The van der Waals surface area contributed by atoms with Gasteiger partial charge >= 0.3 is 0 Å². The van der Waals surface area contributed by atoms with E-state index in [1.54, 1.807) is 4.90 Å². The third kappa shape index (κ3) is 2.37. The van der Waals surface area contributed by atoms with Gasteiger partial charge in [-0.2, -0.15) is 0 Å². The summed E-state index contributed by atoms with van der Waals surface area (Å²) in [4.78, 5) is 28.2. The average molecular weight is 236 g/mol. The predicted molar refractivity (Wildman–Crippen MR) is 63.8 cm³/mol. The van der Waals surface area contributed by atoms with Crippen molar-refractivity contribution in [2.24, 2.45) is 5.73 Å². The molecule has 17 heavy (non-hydrogen) atoms. The number of rotatable bonds is 2. The molecule has 1 saturated heterocycles. The van der Waals surface area contributed by atoms with E-state index in [-0.39, 0.29) is 22.9 Å². The summed E-state index contributed by atoms with van der Waals surface area (Å²) < 4.78 is 0. The number of pyridine rings is 1. The Hall–Kier alpha value is -1.66. The van der Waals surface area contributed by atoms with Crippen molar-refractivity contribution in [3.8, 4) is 0 Å². The molecule has 92 valence electrons. The van der Waals surface area contributed by atoms with E-state index < -0.39 is 0 Å². The molecule has 1 aliphatic rings. The topological polar surface area (TPSA) is 91.2 Å². The quantitative estimate of drug-likeness (QED) is 0.598. The van der Waals surface area contributed by atoms with Gasteiger partial charge in [-0.1, -0.05) is 0 Å². The van der Waals surface area contributed by atoms with Gasteiger partial charge in [0.25, 0.3) is 5.91 Å². The van der Waals surface area contributed by atoms with Crippen molar-refractivity contribution in [3.63, 3.8) is 0 Å². The van der Waals surface area contributed by atoms with Crippen LogP contribution in [0.15, 0.2) is 23.3 Å². The highest BCUT2D eigenvalue weighted by Gasteiger charge is 2.27. The molecule has 1 unspecified atom stereocenters. The van der Waals surface area contributed by atoms with Gasteiger partial charge in [0.15, 0.2) is 5.43 Å². The molecule has 2 heterocycles. The van der Waals surface area contributed by atoms with Gasteiger partial charge in [-0.15, -0.1) is 0 Å². The normalized spacial score (nSPS) is 20.3. The van der Waals surface area contributed by atoms with E-state index in [1.807, 2.05) is 0 Å². The van der Waals surface area contributed by atoms with E-state index >= 15 is 0 Å². The van der Waals surface area contributed by atoms with Gasteiger partial charge in [-0.3, -0.25) is 9.59 Å². The maximum absolute atomic E-state index is 12.2. The monoisotopic (exact) mass is 236 g/mol. The molecule has 1 amide bonds. The Bertz CT molecular complexity index is 457. The van der Waals surface area contributed by atoms with Crippen molar-refractivity contribution in [2.45, 2.75) is 6.04 Å². The van der Waals surface area contributed by atoms with Crippen LogP contribution >= 0.6 is 0 Å². The lowest BCUT2D eigenvalue weighted by Crippen LogP contribution is -2.56. The third-order valence-electron chi connectivity index (χ3n) is 2.94. The maximum atomic E-state index is 12.2. The number of carbonyl (C=O) groups excluding carboxylic acids is 1. The Kier molecular flexibility index (Phi) is 3.55. The molecule has 0 radical (unpaired) electrons. The van der Waals surface area contributed by atoms with Crippen molar-refractivity contribution in [1.29, 1.82) is 0 Å². The zero-order valence-electron chi connectivity index (χ0n) is 9.48. The smallest absolute Gasteiger partial charge is 0.259 e. The molecule has 0 spiro atoms. The van der Waals surface area contributed by atoms with Crippen LogP contribution in [-0.4, -0.2) is 48.0 Å². The van der Waals surface area contributed by atoms with Gasteiger partial charge in [0.05, 0.1) is 6.04 Å². The van der Waals surface area contributed by atoms with E-state index in [4.69, 9.17) is 5.73 Å². The Morgan fingerprint density at radius 1 is 1.59 bits per heavy atom. The van der Waals surface area contributed by atoms with Gasteiger partial charge in [0, 0.05) is 44.6 Å². The first-order valence-corrected chi connectivity index (χ1v) is 5.63. The van der Waals surface area contributed by atoms with Crippen LogP contribution in [0.25, 0.3) is 0 Å². The first-order valence-electron chi connectivity index (χ1n) is 5.63. The van der Waals surface area contributed by atoms with Crippen LogP contribution in [0, 0.1) is 0 Å². The molecule has 1 aromatic rings. The summed E-state index contributed by atoms with van der Waals surface area (Å²) in [5, 5.41) is 3.18. The molecule has 0 aliphatic carbocycles. The van der Waals surface area contributed by atoms with E-state index in [9.17, 15) is 9.59 Å². The average Bonchev–Trinajstić information content (AvgIpc) is 2.38. The summed E-state index contributed by atoms with van der Waals surface area (Å²) in [6.45, 7) is 2.37. The number of amides is 1. The van der Waals surface area contributed by atoms with Crippen LogP contribution in [0.2, 0.25) is 0 Å². The number of aromatic nitrogens is 1. The van der Waals surface area contributed by atoms with Crippen LogP contribution in [0.3, 0.4) is 0 Å². The fraction of sp³-hybridized carbons (Fsp3) is 0.455. The molecule has 0 saturated carbocycles. The standard InChI is InChI=1S/C11H16N4O2/c12-5-8-6-14-3-4-15(8)11(17)9-7-13-2-1-10(9)16/h1-2,7-8,14H,3-6,12H2,(H,13,16). The van der Waals surface area contributed by atoms with Crippen molar-refractivity contribution in [1.82, 2.24) is 15.2 Å². The lowest BCUT2D eigenvalue weighted by molar-refractivity contribution is 0.0643. The highest BCUT2D eigenvalue weighted by atomic mass is 16.2. The molecule has 1 aliphatic heterocycles. The number of hydrogen-bond donors (Lipinski definition) is 3. The molecule has 6 nitrogen and oxygen atoms in total. The van der Waals surface area contributed by atoms with Crippen LogP contribution in [0.4, 0.5) is 0 Å². The summed E-state index contributed by atoms with van der Waals surface area (Å²) in [6.07, 6.45) is 2.96. The maximum Gasteiger partial charge on any atom is 0.259 e. The van der Waals surface area contributed by atoms with Gasteiger partial charge in [0.2, 0.25) is 0 Å². The molecule has 1 fully saturated rings. The van der Waals surface area contributed by atoms with Gasteiger partial charge < -0.3 is 20.9 Å². The minimum Gasteiger partial charge on any atom is -0.367 e.